The van der Waals surface area contributed by atoms with Crippen LogP contribution in [0.3, 0.4) is 0 Å². The maximum Gasteiger partial charge on any atom is 0.148 e. The van der Waals surface area contributed by atoms with Gasteiger partial charge in [0.05, 0.1) is 24.5 Å². The second kappa shape index (κ2) is 4.84. The van der Waals surface area contributed by atoms with Crippen molar-refractivity contribution in [1.29, 1.82) is 0 Å². The van der Waals surface area contributed by atoms with Crippen molar-refractivity contribution in [1.82, 2.24) is 9.78 Å². The summed E-state index contributed by atoms with van der Waals surface area (Å²) >= 11 is 0. The number of hydrogen-bond acceptors (Lipinski definition) is 4. The van der Waals surface area contributed by atoms with Crippen molar-refractivity contribution in [3.8, 4) is 5.75 Å². The molecule has 0 bridgehead atoms. The lowest BCUT2D eigenvalue weighted by atomic mass is 10.0. The molecular weight excluding hydrogens is 240 g/mol. The van der Waals surface area contributed by atoms with E-state index in [0.717, 1.165) is 24.5 Å². The Hall–Kier alpha value is -2.17. The number of anilines is 2. The second-order valence-electron chi connectivity index (χ2n) is 4.63. The molecule has 100 valence electrons. The van der Waals surface area contributed by atoms with Gasteiger partial charge in [-0.1, -0.05) is 12.1 Å². The normalized spacial score (nSPS) is 17.6. The van der Waals surface area contributed by atoms with Crippen LogP contribution in [0.4, 0.5) is 11.5 Å². The Morgan fingerprint density at radius 2 is 2.21 bits per heavy atom. The molecule has 1 aliphatic heterocycles. The number of hydrogen-bond donors (Lipinski definition) is 2. The average Bonchev–Trinajstić information content (AvgIpc) is 2.82. The number of nitrogen functional groups attached to an aromatic ring is 1. The molecule has 1 aromatic carbocycles. The summed E-state index contributed by atoms with van der Waals surface area (Å²) in [5.74, 6) is 1.82. The first-order valence-corrected chi connectivity index (χ1v) is 6.59. The minimum absolute atomic E-state index is 0.240. The third-order valence-corrected chi connectivity index (χ3v) is 3.41. The van der Waals surface area contributed by atoms with Gasteiger partial charge in [0, 0.05) is 6.54 Å². The summed E-state index contributed by atoms with van der Waals surface area (Å²) in [4.78, 5) is 0. The zero-order valence-electron chi connectivity index (χ0n) is 11.0. The molecule has 0 aliphatic carbocycles. The topological polar surface area (TPSA) is 65.1 Å². The maximum absolute atomic E-state index is 5.90. The molecule has 1 unspecified atom stereocenters. The van der Waals surface area contributed by atoms with Gasteiger partial charge in [0.1, 0.15) is 11.6 Å². The van der Waals surface area contributed by atoms with Crippen LogP contribution in [0.2, 0.25) is 0 Å². The zero-order chi connectivity index (χ0) is 13.2. The Morgan fingerprint density at radius 3 is 2.95 bits per heavy atom. The van der Waals surface area contributed by atoms with E-state index in [-0.39, 0.29) is 6.04 Å². The van der Waals surface area contributed by atoms with Crippen LogP contribution >= 0.6 is 0 Å². The quantitative estimate of drug-likeness (QED) is 0.886. The van der Waals surface area contributed by atoms with Crippen LogP contribution < -0.4 is 15.8 Å². The lowest BCUT2D eigenvalue weighted by Gasteiger charge is -2.26. The lowest BCUT2D eigenvalue weighted by molar-refractivity contribution is 0.340. The highest BCUT2D eigenvalue weighted by Crippen LogP contribution is 2.32. The van der Waals surface area contributed by atoms with E-state index in [4.69, 9.17) is 10.5 Å². The number of nitrogens with one attached hydrogen (secondary N) is 1. The molecule has 1 aromatic heterocycles. The first kappa shape index (κ1) is 11.9. The van der Waals surface area contributed by atoms with Gasteiger partial charge in [-0.15, -0.1) is 0 Å². The number of rotatable bonds is 3. The summed E-state index contributed by atoms with van der Waals surface area (Å²) in [7, 11) is 0. The van der Waals surface area contributed by atoms with E-state index in [2.05, 4.69) is 22.5 Å². The molecule has 3 rings (SSSR count). The van der Waals surface area contributed by atoms with E-state index >= 15 is 0 Å². The van der Waals surface area contributed by atoms with Gasteiger partial charge < -0.3 is 15.8 Å². The third kappa shape index (κ3) is 2.12. The largest absolute Gasteiger partial charge is 0.494 e. The van der Waals surface area contributed by atoms with E-state index in [1.54, 1.807) is 6.20 Å². The van der Waals surface area contributed by atoms with Crippen LogP contribution in [0.1, 0.15) is 24.9 Å². The van der Waals surface area contributed by atoms with Crippen molar-refractivity contribution in [2.75, 3.05) is 24.2 Å². The van der Waals surface area contributed by atoms with Crippen LogP contribution in [-0.4, -0.2) is 22.9 Å². The summed E-state index contributed by atoms with van der Waals surface area (Å²) in [5, 5.41) is 7.66. The summed E-state index contributed by atoms with van der Waals surface area (Å²) in [5.41, 5.74) is 7.83. The van der Waals surface area contributed by atoms with E-state index in [1.165, 1.54) is 5.56 Å². The van der Waals surface area contributed by atoms with E-state index in [1.807, 2.05) is 23.7 Å². The number of ether oxygens (including phenoxy) is 1. The second-order valence-corrected chi connectivity index (χ2v) is 4.63. The fourth-order valence-corrected chi connectivity index (χ4v) is 2.51. The highest BCUT2D eigenvalue weighted by Gasteiger charge is 2.23. The molecule has 0 radical (unpaired) electrons. The van der Waals surface area contributed by atoms with Crippen molar-refractivity contribution in [2.24, 2.45) is 0 Å². The standard InChI is InChI=1S/C14H18N4O/c1-2-19-11-5-3-10(4-6-11)13-7-8-16-14-12(15)9-17-18(13)14/h3-6,9,13,16H,2,7-8,15H2,1H3. The minimum Gasteiger partial charge on any atom is -0.494 e. The van der Waals surface area contributed by atoms with Crippen molar-refractivity contribution < 1.29 is 4.74 Å². The minimum atomic E-state index is 0.240. The zero-order valence-corrected chi connectivity index (χ0v) is 11.0. The number of benzene rings is 1. The van der Waals surface area contributed by atoms with Gasteiger partial charge in [-0.2, -0.15) is 5.10 Å². The Bertz CT molecular complexity index is 561. The van der Waals surface area contributed by atoms with Crippen molar-refractivity contribution in [3.63, 3.8) is 0 Å². The van der Waals surface area contributed by atoms with Crippen LogP contribution in [0, 0.1) is 0 Å². The SMILES string of the molecule is CCOc1ccc(C2CCNc3c(N)cnn32)cc1. The molecule has 2 aromatic rings. The summed E-state index contributed by atoms with van der Waals surface area (Å²) < 4.78 is 7.43. The van der Waals surface area contributed by atoms with E-state index in [9.17, 15) is 0 Å². The fourth-order valence-electron chi connectivity index (χ4n) is 2.51. The molecule has 5 nitrogen and oxygen atoms in total. The van der Waals surface area contributed by atoms with E-state index in [0.29, 0.717) is 12.3 Å². The van der Waals surface area contributed by atoms with Crippen molar-refractivity contribution in [2.45, 2.75) is 19.4 Å². The molecule has 0 saturated heterocycles. The van der Waals surface area contributed by atoms with Crippen LogP contribution in [0.25, 0.3) is 0 Å². The molecule has 0 amide bonds. The van der Waals surface area contributed by atoms with Gasteiger partial charge in [-0.05, 0) is 31.0 Å². The molecule has 2 heterocycles. The Morgan fingerprint density at radius 1 is 1.42 bits per heavy atom. The van der Waals surface area contributed by atoms with Gasteiger partial charge in [-0.3, -0.25) is 0 Å². The molecule has 1 aliphatic rings. The van der Waals surface area contributed by atoms with Gasteiger partial charge in [-0.25, -0.2) is 4.68 Å². The fraction of sp³-hybridized carbons (Fsp3) is 0.357. The first-order chi connectivity index (χ1) is 9.29. The molecular formula is C14H18N4O. The van der Waals surface area contributed by atoms with Gasteiger partial charge in [0.25, 0.3) is 0 Å². The Labute approximate surface area is 112 Å². The summed E-state index contributed by atoms with van der Waals surface area (Å²) in [6.07, 6.45) is 2.71. The predicted octanol–water partition coefficient (Wildman–Crippen LogP) is 2.27. The highest BCUT2D eigenvalue weighted by molar-refractivity contribution is 5.62. The number of nitrogens with zero attached hydrogens (tertiary/aromatic N) is 2. The smallest absolute Gasteiger partial charge is 0.148 e. The highest BCUT2D eigenvalue weighted by atomic mass is 16.5. The van der Waals surface area contributed by atoms with Crippen LogP contribution in [0.5, 0.6) is 5.75 Å². The molecule has 0 fully saturated rings. The van der Waals surface area contributed by atoms with Crippen LogP contribution in [0.15, 0.2) is 30.5 Å². The lowest BCUT2D eigenvalue weighted by Crippen LogP contribution is -2.24. The summed E-state index contributed by atoms with van der Waals surface area (Å²) in [6.45, 7) is 3.58. The van der Waals surface area contributed by atoms with Gasteiger partial charge >= 0.3 is 0 Å². The molecule has 0 spiro atoms. The van der Waals surface area contributed by atoms with E-state index < -0.39 is 0 Å². The number of aromatic nitrogens is 2. The van der Waals surface area contributed by atoms with Crippen molar-refractivity contribution in [3.05, 3.63) is 36.0 Å². The monoisotopic (exact) mass is 258 g/mol. The molecule has 3 N–H and O–H groups in total. The molecule has 0 saturated carbocycles. The molecule has 5 heteroatoms. The van der Waals surface area contributed by atoms with Crippen LogP contribution in [-0.2, 0) is 0 Å². The third-order valence-electron chi connectivity index (χ3n) is 3.41. The Balaban J connectivity index is 1.90. The average molecular weight is 258 g/mol. The predicted molar refractivity (Wildman–Crippen MR) is 75.5 cm³/mol. The van der Waals surface area contributed by atoms with Gasteiger partial charge in [0.2, 0.25) is 0 Å². The maximum atomic E-state index is 5.90. The first-order valence-electron chi connectivity index (χ1n) is 6.59. The number of nitrogens with two attached hydrogens (primary N) is 1. The van der Waals surface area contributed by atoms with Crippen molar-refractivity contribution >= 4 is 11.5 Å². The number of fused-ring (bicyclic) bond motifs is 1. The summed E-state index contributed by atoms with van der Waals surface area (Å²) in [6, 6.07) is 8.45. The Kier molecular flexibility index (Phi) is 3.03. The molecule has 1 atom stereocenters. The van der Waals surface area contributed by atoms with Gasteiger partial charge in [0.15, 0.2) is 0 Å². The molecule has 19 heavy (non-hydrogen) atoms.